The standard InChI is InChI=1S/C18H25ClN2O4/c1-18(2,3)17(23)21-8-6-20(7-9-21)16(22)12-10-13(19)15(25-5)14(11-12)24-4/h10-11H,6-9H2,1-5H3. The van der Waals surface area contributed by atoms with Crippen molar-refractivity contribution in [3.63, 3.8) is 0 Å². The smallest absolute Gasteiger partial charge is 0.254 e. The van der Waals surface area contributed by atoms with Crippen molar-refractivity contribution < 1.29 is 19.1 Å². The van der Waals surface area contributed by atoms with Crippen LogP contribution in [0.5, 0.6) is 11.5 Å². The topological polar surface area (TPSA) is 59.1 Å². The Bertz CT molecular complexity index is 662. The number of halogens is 1. The minimum absolute atomic E-state index is 0.105. The molecule has 0 N–H and O–H groups in total. The third-order valence-electron chi connectivity index (χ3n) is 4.18. The van der Waals surface area contributed by atoms with Crippen LogP contribution < -0.4 is 9.47 Å². The Morgan fingerprint density at radius 1 is 1.00 bits per heavy atom. The number of hydrogen-bond acceptors (Lipinski definition) is 4. The average molecular weight is 369 g/mol. The van der Waals surface area contributed by atoms with Gasteiger partial charge in [0.05, 0.1) is 19.2 Å². The summed E-state index contributed by atoms with van der Waals surface area (Å²) in [6.07, 6.45) is 0. The maximum absolute atomic E-state index is 12.8. The number of ether oxygens (including phenoxy) is 2. The van der Waals surface area contributed by atoms with Gasteiger partial charge in [0.1, 0.15) is 0 Å². The van der Waals surface area contributed by atoms with Gasteiger partial charge < -0.3 is 19.3 Å². The molecule has 1 heterocycles. The number of nitrogens with zero attached hydrogens (tertiary/aromatic N) is 2. The Balaban J connectivity index is 2.11. The van der Waals surface area contributed by atoms with Crippen molar-refractivity contribution in [1.29, 1.82) is 0 Å². The van der Waals surface area contributed by atoms with Crippen LogP contribution in [0.4, 0.5) is 0 Å². The van der Waals surface area contributed by atoms with Crippen molar-refractivity contribution in [2.45, 2.75) is 20.8 Å². The molecule has 0 saturated carbocycles. The van der Waals surface area contributed by atoms with Crippen LogP contribution in [0.1, 0.15) is 31.1 Å². The van der Waals surface area contributed by atoms with E-state index in [1.165, 1.54) is 14.2 Å². The summed E-state index contributed by atoms with van der Waals surface area (Å²) in [4.78, 5) is 28.6. The predicted octanol–water partition coefficient (Wildman–Crippen LogP) is 2.69. The molecule has 2 amide bonds. The van der Waals surface area contributed by atoms with E-state index in [4.69, 9.17) is 21.1 Å². The lowest BCUT2D eigenvalue weighted by Crippen LogP contribution is -2.53. The quantitative estimate of drug-likeness (QED) is 0.823. The lowest BCUT2D eigenvalue weighted by atomic mass is 9.94. The molecule has 1 fully saturated rings. The molecule has 2 rings (SSSR count). The van der Waals surface area contributed by atoms with Crippen LogP contribution in [0, 0.1) is 5.41 Å². The van der Waals surface area contributed by atoms with Crippen molar-refractivity contribution in [2.24, 2.45) is 5.41 Å². The number of hydrogen-bond donors (Lipinski definition) is 0. The third kappa shape index (κ3) is 4.18. The molecule has 6 nitrogen and oxygen atoms in total. The van der Waals surface area contributed by atoms with Gasteiger partial charge in [0.15, 0.2) is 11.5 Å². The first-order valence-electron chi connectivity index (χ1n) is 8.19. The summed E-state index contributed by atoms with van der Waals surface area (Å²) >= 11 is 6.18. The molecule has 0 spiro atoms. The number of carbonyl (C=O) groups is 2. The van der Waals surface area contributed by atoms with Gasteiger partial charge in [-0.3, -0.25) is 9.59 Å². The highest BCUT2D eigenvalue weighted by molar-refractivity contribution is 6.32. The first-order chi connectivity index (χ1) is 11.7. The molecular weight excluding hydrogens is 344 g/mol. The molecule has 1 aliphatic heterocycles. The van der Waals surface area contributed by atoms with Gasteiger partial charge in [0.2, 0.25) is 5.91 Å². The molecule has 7 heteroatoms. The molecule has 1 aliphatic rings. The van der Waals surface area contributed by atoms with E-state index in [-0.39, 0.29) is 11.8 Å². The SMILES string of the molecule is COc1cc(C(=O)N2CCN(C(=O)C(C)(C)C)CC2)cc(Cl)c1OC. The number of piperazine rings is 1. The predicted molar refractivity (Wildman–Crippen MR) is 96.5 cm³/mol. The summed E-state index contributed by atoms with van der Waals surface area (Å²) < 4.78 is 10.4. The molecule has 25 heavy (non-hydrogen) atoms. The van der Waals surface area contributed by atoms with E-state index >= 15 is 0 Å². The van der Waals surface area contributed by atoms with Crippen LogP contribution in [0.2, 0.25) is 5.02 Å². The molecule has 0 aliphatic carbocycles. The number of rotatable bonds is 3. The van der Waals surface area contributed by atoms with Crippen LogP contribution in [-0.4, -0.2) is 62.0 Å². The van der Waals surface area contributed by atoms with E-state index in [1.807, 2.05) is 25.7 Å². The Morgan fingerprint density at radius 2 is 1.56 bits per heavy atom. The molecule has 0 radical (unpaired) electrons. The Hall–Kier alpha value is -1.95. The molecule has 138 valence electrons. The molecular formula is C18H25ClN2O4. The molecule has 0 unspecified atom stereocenters. The van der Waals surface area contributed by atoms with Gasteiger partial charge in [-0.05, 0) is 12.1 Å². The van der Waals surface area contributed by atoms with Crippen LogP contribution >= 0.6 is 11.6 Å². The highest BCUT2D eigenvalue weighted by Gasteiger charge is 2.31. The highest BCUT2D eigenvalue weighted by Crippen LogP contribution is 2.36. The first-order valence-corrected chi connectivity index (χ1v) is 8.57. The second kappa shape index (κ2) is 7.52. The third-order valence-corrected chi connectivity index (χ3v) is 4.46. The Kier molecular flexibility index (Phi) is 5.83. The van der Waals surface area contributed by atoms with Crippen LogP contribution in [0.3, 0.4) is 0 Å². The zero-order chi connectivity index (χ0) is 18.8. The van der Waals surface area contributed by atoms with Crippen LogP contribution in [0.15, 0.2) is 12.1 Å². The maximum Gasteiger partial charge on any atom is 0.254 e. The zero-order valence-corrected chi connectivity index (χ0v) is 16.1. The summed E-state index contributed by atoms with van der Waals surface area (Å²) in [6, 6.07) is 3.21. The molecule has 0 aromatic heterocycles. The lowest BCUT2D eigenvalue weighted by Gasteiger charge is -2.37. The number of carbonyl (C=O) groups excluding carboxylic acids is 2. The van der Waals surface area contributed by atoms with Gasteiger partial charge in [0.25, 0.3) is 5.91 Å². The van der Waals surface area contributed by atoms with E-state index < -0.39 is 5.41 Å². The molecule has 0 bridgehead atoms. The Morgan fingerprint density at radius 3 is 2.04 bits per heavy atom. The van der Waals surface area contributed by atoms with Gasteiger partial charge in [-0.1, -0.05) is 32.4 Å². The monoisotopic (exact) mass is 368 g/mol. The van der Waals surface area contributed by atoms with Gasteiger partial charge in [0, 0.05) is 37.2 Å². The van der Waals surface area contributed by atoms with E-state index in [0.717, 1.165) is 0 Å². The van der Waals surface area contributed by atoms with Crippen molar-refractivity contribution >= 4 is 23.4 Å². The zero-order valence-electron chi connectivity index (χ0n) is 15.4. The second-order valence-corrected chi connectivity index (χ2v) is 7.44. The van der Waals surface area contributed by atoms with E-state index in [2.05, 4.69) is 0 Å². The summed E-state index contributed by atoms with van der Waals surface area (Å²) in [6.45, 7) is 7.75. The Labute approximate surface area is 153 Å². The van der Waals surface area contributed by atoms with Crippen molar-refractivity contribution in [3.8, 4) is 11.5 Å². The first kappa shape index (κ1) is 19.4. The number of methoxy groups -OCH3 is 2. The fourth-order valence-electron chi connectivity index (χ4n) is 2.81. The lowest BCUT2D eigenvalue weighted by molar-refractivity contribution is -0.140. The fourth-order valence-corrected chi connectivity index (χ4v) is 3.10. The number of amides is 2. The minimum Gasteiger partial charge on any atom is -0.493 e. The molecule has 1 aromatic carbocycles. The van der Waals surface area contributed by atoms with E-state index in [9.17, 15) is 9.59 Å². The van der Waals surface area contributed by atoms with Gasteiger partial charge in [-0.15, -0.1) is 0 Å². The average Bonchev–Trinajstić information content (AvgIpc) is 2.59. The van der Waals surface area contributed by atoms with Crippen LogP contribution in [-0.2, 0) is 4.79 Å². The molecule has 1 aromatic rings. The second-order valence-electron chi connectivity index (χ2n) is 7.03. The number of benzene rings is 1. The minimum atomic E-state index is -0.414. The van der Waals surface area contributed by atoms with Crippen LogP contribution in [0.25, 0.3) is 0 Å². The van der Waals surface area contributed by atoms with Crippen molar-refractivity contribution in [1.82, 2.24) is 9.80 Å². The van der Waals surface area contributed by atoms with E-state index in [0.29, 0.717) is 48.3 Å². The molecule has 1 saturated heterocycles. The van der Waals surface area contributed by atoms with Gasteiger partial charge in [-0.2, -0.15) is 0 Å². The van der Waals surface area contributed by atoms with Gasteiger partial charge in [-0.25, -0.2) is 0 Å². The molecule has 0 atom stereocenters. The van der Waals surface area contributed by atoms with Crippen molar-refractivity contribution in [2.75, 3.05) is 40.4 Å². The summed E-state index contributed by atoms with van der Waals surface area (Å²) in [5, 5.41) is 0.326. The normalized spacial score (nSPS) is 15.1. The summed E-state index contributed by atoms with van der Waals surface area (Å²) in [7, 11) is 3.00. The largest absolute Gasteiger partial charge is 0.493 e. The summed E-state index contributed by atoms with van der Waals surface area (Å²) in [5.74, 6) is 0.792. The van der Waals surface area contributed by atoms with Crippen molar-refractivity contribution in [3.05, 3.63) is 22.7 Å². The highest BCUT2D eigenvalue weighted by atomic mass is 35.5. The van der Waals surface area contributed by atoms with E-state index in [1.54, 1.807) is 17.0 Å². The summed E-state index contributed by atoms with van der Waals surface area (Å²) in [5.41, 5.74) is 0.0292. The fraction of sp³-hybridized carbons (Fsp3) is 0.556. The maximum atomic E-state index is 12.8. The van der Waals surface area contributed by atoms with Gasteiger partial charge >= 0.3 is 0 Å².